The molecule has 0 aliphatic carbocycles. The summed E-state index contributed by atoms with van der Waals surface area (Å²) in [5.74, 6) is -1.03. The van der Waals surface area contributed by atoms with Gasteiger partial charge in [-0.15, -0.1) is 0 Å². The molecule has 11 heteroatoms. The van der Waals surface area contributed by atoms with Gasteiger partial charge in [0.2, 0.25) is 0 Å². The average Bonchev–Trinajstić information content (AvgIpc) is 3.40. The summed E-state index contributed by atoms with van der Waals surface area (Å²) in [5.41, 5.74) is -0.969. The van der Waals surface area contributed by atoms with Crippen molar-refractivity contribution < 1.29 is 13.9 Å². The Balaban J connectivity index is 1.64. The summed E-state index contributed by atoms with van der Waals surface area (Å²) in [6.07, 6.45) is 6.07. The third-order valence-corrected chi connectivity index (χ3v) is 6.60. The van der Waals surface area contributed by atoms with Crippen LogP contribution < -0.4 is 0 Å². The van der Waals surface area contributed by atoms with Gasteiger partial charge in [-0.3, -0.25) is 4.98 Å². The van der Waals surface area contributed by atoms with Gasteiger partial charge in [0, 0.05) is 34.8 Å². The lowest BCUT2D eigenvalue weighted by Gasteiger charge is -2.33. The largest absolute Gasteiger partial charge is 0.382 e. The molecule has 1 aromatic carbocycles. The minimum absolute atomic E-state index is 0.0311. The Morgan fingerprint density at radius 2 is 2.13 bits per heavy atom. The van der Waals surface area contributed by atoms with Gasteiger partial charge >= 0.3 is 0 Å². The van der Waals surface area contributed by atoms with Crippen molar-refractivity contribution in [2.75, 3.05) is 0 Å². The molecular formula is C19H16F2N6OS2. The van der Waals surface area contributed by atoms with E-state index in [0.29, 0.717) is 10.2 Å². The van der Waals surface area contributed by atoms with Crippen LogP contribution in [0, 0.1) is 11.6 Å². The Bertz CT molecular complexity index is 1130. The molecule has 0 saturated carbocycles. The Morgan fingerprint density at radius 3 is 2.83 bits per heavy atom. The highest BCUT2D eigenvalue weighted by molar-refractivity contribution is 8.01. The van der Waals surface area contributed by atoms with E-state index in [-0.39, 0.29) is 12.1 Å². The molecule has 4 rings (SSSR count). The first-order valence-corrected chi connectivity index (χ1v) is 10.5. The number of nitrogens with zero attached hydrogens (tertiary/aromatic N) is 6. The summed E-state index contributed by atoms with van der Waals surface area (Å²) in [5, 5.41) is 15.0. The van der Waals surface area contributed by atoms with Crippen molar-refractivity contribution in [1.82, 2.24) is 29.1 Å². The number of hydrogen-bond donors (Lipinski definition) is 1. The number of pyridine rings is 1. The van der Waals surface area contributed by atoms with Crippen molar-refractivity contribution in [2.24, 2.45) is 0 Å². The average molecular weight is 447 g/mol. The number of hydrogen-bond acceptors (Lipinski definition) is 8. The van der Waals surface area contributed by atoms with Crippen molar-refractivity contribution in [3.05, 3.63) is 72.6 Å². The molecule has 0 spiro atoms. The molecule has 3 heterocycles. The summed E-state index contributed by atoms with van der Waals surface area (Å²) in [6.45, 7) is 1.67. The van der Waals surface area contributed by atoms with E-state index in [9.17, 15) is 13.9 Å². The molecule has 0 aliphatic rings. The second kappa shape index (κ2) is 8.54. The molecule has 0 fully saturated rings. The fourth-order valence-electron chi connectivity index (χ4n) is 2.95. The van der Waals surface area contributed by atoms with Crippen LogP contribution in [-0.2, 0) is 12.1 Å². The Kier molecular flexibility index (Phi) is 5.84. The zero-order valence-electron chi connectivity index (χ0n) is 15.7. The Labute approximate surface area is 179 Å². The summed E-state index contributed by atoms with van der Waals surface area (Å²) in [7, 11) is 0. The lowest BCUT2D eigenvalue weighted by molar-refractivity contribution is 0.0133. The summed E-state index contributed by atoms with van der Waals surface area (Å²) in [4.78, 5) is 12.4. The van der Waals surface area contributed by atoms with Crippen molar-refractivity contribution in [3.8, 4) is 11.4 Å². The molecule has 0 amide bonds. The third-order valence-electron chi connectivity index (χ3n) is 4.54. The maximum atomic E-state index is 14.6. The minimum Gasteiger partial charge on any atom is -0.382 e. The van der Waals surface area contributed by atoms with Crippen LogP contribution in [-0.4, -0.2) is 39.5 Å². The second-order valence-electron chi connectivity index (χ2n) is 6.53. The molecule has 4 aromatic rings. The molecule has 0 bridgehead atoms. The standard InChI is InChI=1S/C19H16F2N6OS2/c1-12(29-18-25-17(26-30-18)13-3-2-6-22-8-13)19(28,9-27-11-23-10-24-27)15-5-4-14(20)7-16(15)21/h2-8,10-12,28H,9H2,1H3. The summed E-state index contributed by atoms with van der Waals surface area (Å²) < 4.78 is 34.4. The molecule has 1 N–H and O–H groups in total. The van der Waals surface area contributed by atoms with E-state index in [2.05, 4.69) is 24.4 Å². The monoisotopic (exact) mass is 446 g/mol. The predicted octanol–water partition coefficient (Wildman–Crippen LogP) is 3.54. The van der Waals surface area contributed by atoms with Crippen LogP contribution in [0.25, 0.3) is 11.4 Å². The number of rotatable bonds is 7. The number of aliphatic hydroxyl groups is 1. The molecule has 154 valence electrons. The van der Waals surface area contributed by atoms with Gasteiger partial charge in [-0.1, -0.05) is 17.8 Å². The van der Waals surface area contributed by atoms with Gasteiger partial charge in [-0.05, 0) is 36.7 Å². The maximum absolute atomic E-state index is 14.6. The number of thioether (sulfide) groups is 1. The van der Waals surface area contributed by atoms with Crippen molar-refractivity contribution in [2.45, 2.75) is 28.7 Å². The highest BCUT2D eigenvalue weighted by atomic mass is 32.2. The van der Waals surface area contributed by atoms with E-state index in [1.165, 1.54) is 46.7 Å². The van der Waals surface area contributed by atoms with Crippen molar-refractivity contribution >= 4 is 23.3 Å². The highest BCUT2D eigenvalue weighted by Crippen LogP contribution is 2.40. The van der Waals surface area contributed by atoms with Crippen LogP contribution in [0.2, 0.25) is 0 Å². The number of benzene rings is 1. The SMILES string of the molecule is CC(Sc1nc(-c2cccnc2)ns1)C(O)(Cn1cncn1)c1ccc(F)cc1F. The van der Waals surface area contributed by atoms with E-state index >= 15 is 0 Å². The number of halogens is 2. The molecule has 30 heavy (non-hydrogen) atoms. The van der Waals surface area contributed by atoms with Crippen LogP contribution in [0.15, 0.2) is 59.7 Å². The zero-order chi connectivity index (χ0) is 21.1. The van der Waals surface area contributed by atoms with Crippen LogP contribution in [0.5, 0.6) is 0 Å². The molecule has 0 saturated heterocycles. The van der Waals surface area contributed by atoms with Crippen LogP contribution >= 0.6 is 23.3 Å². The van der Waals surface area contributed by atoms with Gasteiger partial charge < -0.3 is 5.11 Å². The Morgan fingerprint density at radius 1 is 1.27 bits per heavy atom. The maximum Gasteiger partial charge on any atom is 0.175 e. The predicted molar refractivity (Wildman–Crippen MR) is 109 cm³/mol. The molecular weight excluding hydrogens is 430 g/mol. The van der Waals surface area contributed by atoms with Crippen molar-refractivity contribution in [1.29, 1.82) is 0 Å². The van der Waals surface area contributed by atoms with Gasteiger partial charge in [-0.25, -0.2) is 23.4 Å². The molecule has 3 aromatic heterocycles. The van der Waals surface area contributed by atoms with Gasteiger partial charge in [0.05, 0.1) is 6.54 Å². The Hall–Kier alpha value is -2.76. The topological polar surface area (TPSA) is 89.6 Å². The minimum atomic E-state index is -1.71. The second-order valence-corrected chi connectivity index (χ2v) is 8.87. The summed E-state index contributed by atoms with van der Waals surface area (Å²) in [6, 6.07) is 6.76. The highest BCUT2D eigenvalue weighted by Gasteiger charge is 2.40. The van der Waals surface area contributed by atoms with Crippen LogP contribution in [0.1, 0.15) is 12.5 Å². The van der Waals surface area contributed by atoms with Crippen LogP contribution in [0.3, 0.4) is 0 Å². The molecule has 2 unspecified atom stereocenters. The van der Waals surface area contributed by atoms with Gasteiger partial charge in [0.25, 0.3) is 0 Å². The fourth-order valence-corrected chi connectivity index (χ4v) is 4.95. The first-order chi connectivity index (χ1) is 14.5. The molecule has 0 aliphatic heterocycles. The quantitative estimate of drug-likeness (QED) is 0.434. The van der Waals surface area contributed by atoms with Gasteiger partial charge in [0.15, 0.2) is 10.2 Å². The normalized spacial score (nSPS) is 14.4. The van der Waals surface area contributed by atoms with Crippen molar-refractivity contribution in [3.63, 3.8) is 0 Å². The van der Waals surface area contributed by atoms with E-state index in [4.69, 9.17) is 0 Å². The van der Waals surface area contributed by atoms with E-state index in [1.807, 2.05) is 6.07 Å². The fraction of sp³-hybridized carbons (Fsp3) is 0.211. The van der Waals surface area contributed by atoms with E-state index in [0.717, 1.165) is 17.7 Å². The first kappa shape index (κ1) is 20.5. The third kappa shape index (κ3) is 4.23. The smallest absolute Gasteiger partial charge is 0.175 e. The van der Waals surface area contributed by atoms with Crippen LogP contribution in [0.4, 0.5) is 8.78 Å². The van der Waals surface area contributed by atoms with E-state index in [1.54, 1.807) is 25.4 Å². The number of aromatic nitrogens is 6. The lowest BCUT2D eigenvalue weighted by Crippen LogP contribution is -2.41. The molecule has 0 radical (unpaired) electrons. The van der Waals surface area contributed by atoms with Gasteiger partial charge in [-0.2, -0.15) is 9.47 Å². The van der Waals surface area contributed by atoms with E-state index < -0.39 is 22.5 Å². The first-order valence-electron chi connectivity index (χ1n) is 8.87. The summed E-state index contributed by atoms with van der Waals surface area (Å²) >= 11 is 2.42. The molecule has 7 nitrogen and oxygen atoms in total. The molecule has 2 atom stereocenters. The lowest BCUT2D eigenvalue weighted by atomic mass is 9.90. The van der Waals surface area contributed by atoms with Gasteiger partial charge in [0.1, 0.15) is 29.9 Å². The zero-order valence-corrected chi connectivity index (χ0v) is 17.3.